The van der Waals surface area contributed by atoms with Gasteiger partial charge in [-0.25, -0.2) is 0 Å². The Morgan fingerprint density at radius 2 is 1.68 bits per heavy atom. The van der Waals surface area contributed by atoms with Crippen molar-refractivity contribution in [2.24, 2.45) is 11.8 Å². The summed E-state index contributed by atoms with van der Waals surface area (Å²) in [4.78, 5) is 13.0. The van der Waals surface area contributed by atoms with Crippen LogP contribution in [0.25, 0.3) is 0 Å². The van der Waals surface area contributed by atoms with Gasteiger partial charge in [0.25, 0.3) is 0 Å². The summed E-state index contributed by atoms with van der Waals surface area (Å²) in [6, 6.07) is 12.0. The standard InChI is InChI=1S/C22H25BO5/c1-20(2)21(3,4)28-23(27-20)22(16-8-6-5-7-9-16)17-15(13-26-19(17)24)12-14-10-11-25-18(14)22/h5-11,15,17H,12-13H2,1-4H3/t15-,17+,22-/m0/s1. The molecule has 0 unspecified atom stereocenters. The Morgan fingerprint density at radius 3 is 2.36 bits per heavy atom. The molecule has 0 amide bonds. The lowest BCUT2D eigenvalue weighted by atomic mass is 9.43. The first-order chi connectivity index (χ1) is 13.3. The molecule has 0 spiro atoms. The number of rotatable bonds is 2. The van der Waals surface area contributed by atoms with Gasteiger partial charge in [-0.1, -0.05) is 30.3 Å². The Labute approximate surface area is 165 Å². The van der Waals surface area contributed by atoms with Crippen LogP contribution in [0.1, 0.15) is 44.6 Å². The lowest BCUT2D eigenvalue weighted by molar-refractivity contribution is -0.142. The molecule has 5 rings (SSSR count). The summed E-state index contributed by atoms with van der Waals surface area (Å²) in [6.45, 7) is 8.54. The van der Waals surface area contributed by atoms with E-state index < -0.39 is 29.6 Å². The molecule has 0 saturated carbocycles. The van der Waals surface area contributed by atoms with Crippen molar-refractivity contribution in [3.05, 3.63) is 59.5 Å². The van der Waals surface area contributed by atoms with E-state index in [-0.39, 0.29) is 11.9 Å². The van der Waals surface area contributed by atoms with E-state index in [4.69, 9.17) is 18.5 Å². The molecule has 1 aliphatic carbocycles. The van der Waals surface area contributed by atoms with Gasteiger partial charge in [-0.05, 0) is 51.3 Å². The van der Waals surface area contributed by atoms with Gasteiger partial charge in [0.15, 0.2) is 0 Å². The van der Waals surface area contributed by atoms with Crippen molar-refractivity contribution in [1.29, 1.82) is 0 Å². The maximum absolute atomic E-state index is 13.0. The molecule has 1 aromatic heterocycles. The Balaban J connectivity index is 1.80. The molecule has 3 heterocycles. The summed E-state index contributed by atoms with van der Waals surface area (Å²) in [5, 5.41) is -0.887. The number of ether oxygens (including phenoxy) is 1. The maximum Gasteiger partial charge on any atom is 0.478 e. The van der Waals surface area contributed by atoms with Crippen LogP contribution in [-0.2, 0) is 30.6 Å². The Bertz CT molecular complexity index is 902. The topological polar surface area (TPSA) is 57.9 Å². The number of hydrogen-bond acceptors (Lipinski definition) is 5. The Kier molecular flexibility index (Phi) is 3.69. The SMILES string of the molecule is CC1(C)OB([C@]2(c3ccccc3)c3occc3C[C@H]3COC(=O)[C@@H]32)OC1(C)C. The van der Waals surface area contributed by atoms with E-state index in [9.17, 15) is 4.79 Å². The Morgan fingerprint density at radius 1 is 1.00 bits per heavy atom. The minimum atomic E-state index is -0.887. The molecule has 28 heavy (non-hydrogen) atoms. The highest BCUT2D eigenvalue weighted by molar-refractivity contribution is 6.51. The number of carbonyl (C=O) groups is 1. The summed E-state index contributed by atoms with van der Waals surface area (Å²) in [6.07, 6.45) is 2.47. The average molecular weight is 380 g/mol. The van der Waals surface area contributed by atoms with Crippen LogP contribution in [0.3, 0.4) is 0 Å². The van der Waals surface area contributed by atoms with E-state index in [1.54, 1.807) is 6.26 Å². The first kappa shape index (κ1) is 18.0. The van der Waals surface area contributed by atoms with E-state index in [2.05, 4.69) is 0 Å². The predicted molar refractivity (Wildman–Crippen MR) is 104 cm³/mol. The number of esters is 1. The van der Waals surface area contributed by atoms with Gasteiger partial charge < -0.3 is 18.5 Å². The van der Waals surface area contributed by atoms with Crippen LogP contribution < -0.4 is 0 Å². The molecule has 146 valence electrons. The third kappa shape index (κ3) is 2.19. The van der Waals surface area contributed by atoms with Gasteiger partial charge in [-0.2, -0.15) is 0 Å². The van der Waals surface area contributed by atoms with Gasteiger partial charge >= 0.3 is 13.1 Å². The fourth-order valence-corrected chi connectivity index (χ4v) is 5.03. The predicted octanol–water partition coefficient (Wildman–Crippen LogP) is 3.54. The smallest absolute Gasteiger partial charge is 0.469 e. The van der Waals surface area contributed by atoms with Gasteiger partial charge in [0.2, 0.25) is 0 Å². The number of fused-ring (bicyclic) bond motifs is 2. The molecule has 5 nitrogen and oxygen atoms in total. The molecule has 2 fully saturated rings. The van der Waals surface area contributed by atoms with Crippen molar-refractivity contribution >= 4 is 13.1 Å². The third-order valence-corrected chi connectivity index (χ3v) is 7.14. The second kappa shape index (κ2) is 5.74. The van der Waals surface area contributed by atoms with Crippen LogP contribution >= 0.6 is 0 Å². The molecule has 0 bridgehead atoms. The van der Waals surface area contributed by atoms with Crippen molar-refractivity contribution in [1.82, 2.24) is 0 Å². The average Bonchev–Trinajstić information content (AvgIpc) is 3.32. The maximum atomic E-state index is 13.0. The highest BCUT2D eigenvalue weighted by Gasteiger charge is 2.70. The van der Waals surface area contributed by atoms with Crippen LogP contribution in [0.4, 0.5) is 0 Å². The number of cyclic esters (lactones) is 1. The number of carbonyl (C=O) groups excluding carboxylic acids is 1. The zero-order chi connectivity index (χ0) is 19.7. The molecule has 2 aromatic rings. The monoisotopic (exact) mass is 380 g/mol. The number of hydrogen-bond donors (Lipinski definition) is 0. The van der Waals surface area contributed by atoms with E-state index in [0.717, 1.165) is 23.3 Å². The molecule has 0 radical (unpaired) electrons. The number of furan rings is 1. The minimum Gasteiger partial charge on any atom is -0.469 e. The van der Waals surface area contributed by atoms with Crippen molar-refractivity contribution in [2.45, 2.75) is 50.6 Å². The molecule has 2 saturated heterocycles. The first-order valence-corrected chi connectivity index (χ1v) is 9.92. The first-order valence-electron chi connectivity index (χ1n) is 9.92. The second-order valence-electron chi connectivity index (χ2n) is 9.17. The van der Waals surface area contributed by atoms with E-state index in [1.807, 2.05) is 64.1 Å². The molecular formula is C22H25BO5. The third-order valence-electron chi connectivity index (χ3n) is 7.14. The van der Waals surface area contributed by atoms with Gasteiger partial charge in [-0.15, -0.1) is 0 Å². The van der Waals surface area contributed by atoms with Crippen LogP contribution in [0.15, 0.2) is 47.1 Å². The van der Waals surface area contributed by atoms with E-state index in [0.29, 0.717) is 6.61 Å². The van der Waals surface area contributed by atoms with Crippen molar-refractivity contribution in [3.63, 3.8) is 0 Å². The highest BCUT2D eigenvalue weighted by Crippen LogP contribution is 2.56. The quantitative estimate of drug-likeness (QED) is 0.589. The molecule has 6 heteroatoms. The molecular weight excluding hydrogens is 355 g/mol. The summed E-state index contributed by atoms with van der Waals surface area (Å²) >= 11 is 0. The van der Waals surface area contributed by atoms with Gasteiger partial charge in [0.05, 0.1) is 30.0 Å². The van der Waals surface area contributed by atoms with Crippen LogP contribution in [0, 0.1) is 11.8 Å². The largest absolute Gasteiger partial charge is 0.478 e. The molecule has 0 N–H and O–H groups in total. The van der Waals surface area contributed by atoms with Crippen molar-refractivity contribution < 1.29 is 23.3 Å². The lowest BCUT2D eigenvalue weighted by Gasteiger charge is -2.43. The summed E-state index contributed by atoms with van der Waals surface area (Å²) < 4.78 is 24.7. The van der Waals surface area contributed by atoms with E-state index >= 15 is 0 Å². The van der Waals surface area contributed by atoms with Crippen molar-refractivity contribution in [2.75, 3.05) is 6.61 Å². The van der Waals surface area contributed by atoms with E-state index in [1.165, 1.54) is 0 Å². The van der Waals surface area contributed by atoms with Crippen molar-refractivity contribution in [3.8, 4) is 0 Å². The zero-order valence-electron chi connectivity index (χ0n) is 16.7. The van der Waals surface area contributed by atoms with Crippen LogP contribution in [0.2, 0.25) is 0 Å². The van der Waals surface area contributed by atoms with Crippen LogP contribution in [0.5, 0.6) is 0 Å². The molecule has 3 atom stereocenters. The second-order valence-corrected chi connectivity index (χ2v) is 9.17. The lowest BCUT2D eigenvalue weighted by Crippen LogP contribution is -2.57. The highest BCUT2D eigenvalue weighted by atomic mass is 16.7. The fraction of sp³-hybridized carbons (Fsp3) is 0.500. The van der Waals surface area contributed by atoms with Gasteiger partial charge in [-0.3, -0.25) is 4.79 Å². The summed E-state index contributed by atoms with van der Waals surface area (Å²) in [7, 11) is -0.664. The summed E-state index contributed by atoms with van der Waals surface area (Å²) in [5.41, 5.74) is 1.000. The Hall–Kier alpha value is -2.05. The van der Waals surface area contributed by atoms with Gasteiger partial charge in [0, 0.05) is 5.92 Å². The molecule has 3 aliphatic rings. The fourth-order valence-electron chi connectivity index (χ4n) is 5.03. The number of benzene rings is 1. The summed E-state index contributed by atoms with van der Waals surface area (Å²) in [5.74, 6) is 0.211. The molecule has 2 aliphatic heterocycles. The van der Waals surface area contributed by atoms with Gasteiger partial charge in [0.1, 0.15) is 11.1 Å². The normalized spacial score (nSPS) is 32.7. The zero-order valence-corrected chi connectivity index (χ0v) is 16.7. The van der Waals surface area contributed by atoms with Crippen LogP contribution in [-0.4, -0.2) is 30.9 Å². The molecule has 1 aromatic carbocycles. The minimum absolute atomic E-state index is 0.0665.